The molecule has 0 aromatic rings. The lowest BCUT2D eigenvalue weighted by molar-refractivity contribution is -0.133. The summed E-state index contributed by atoms with van der Waals surface area (Å²) in [5.41, 5.74) is 0.716. The molecule has 3 saturated carbocycles. The van der Waals surface area contributed by atoms with Crippen LogP contribution in [0.2, 0.25) is 0 Å². The van der Waals surface area contributed by atoms with Gasteiger partial charge in [0.25, 0.3) is 0 Å². The molecule has 0 heterocycles. The molecule has 3 aliphatic rings. The molecular weight excluding hydrogens is 196 g/mol. The van der Waals surface area contributed by atoms with Crippen molar-refractivity contribution < 1.29 is 4.79 Å². The van der Waals surface area contributed by atoms with Crippen molar-refractivity contribution in [1.29, 1.82) is 0 Å². The van der Waals surface area contributed by atoms with Gasteiger partial charge in [-0.25, -0.2) is 0 Å². The molecule has 16 heavy (non-hydrogen) atoms. The van der Waals surface area contributed by atoms with Crippen LogP contribution in [0.4, 0.5) is 0 Å². The van der Waals surface area contributed by atoms with Crippen LogP contribution < -0.4 is 0 Å². The number of ketones is 1. The van der Waals surface area contributed by atoms with Gasteiger partial charge in [0, 0.05) is 11.3 Å². The lowest BCUT2D eigenvalue weighted by Gasteiger charge is -2.48. The first kappa shape index (κ1) is 10.8. The fourth-order valence-corrected chi connectivity index (χ4v) is 5.45. The molecule has 0 aromatic heterocycles. The van der Waals surface area contributed by atoms with Crippen molar-refractivity contribution in [2.24, 2.45) is 22.2 Å². The second-order valence-corrected chi connectivity index (χ2v) is 7.59. The Kier molecular flexibility index (Phi) is 1.97. The zero-order valence-electron chi connectivity index (χ0n) is 10.9. The first-order valence-corrected chi connectivity index (χ1v) is 6.94. The number of rotatable bonds is 0. The molecule has 0 unspecified atom stereocenters. The highest BCUT2D eigenvalue weighted by molar-refractivity contribution is 5.91. The van der Waals surface area contributed by atoms with Crippen LogP contribution in [0.1, 0.15) is 65.7 Å². The van der Waals surface area contributed by atoms with E-state index in [1.54, 1.807) is 0 Å². The number of carbonyl (C=O) groups is 1. The second-order valence-electron chi connectivity index (χ2n) is 7.59. The fraction of sp³-hybridized carbons (Fsp3) is 0.933. The number of fused-ring (bicyclic) bond motifs is 1. The van der Waals surface area contributed by atoms with E-state index < -0.39 is 0 Å². The zero-order valence-corrected chi connectivity index (χ0v) is 10.9. The first-order chi connectivity index (χ1) is 7.40. The molecule has 0 saturated heterocycles. The number of hydrogen-bond donors (Lipinski definition) is 0. The molecule has 0 amide bonds. The second kappa shape index (κ2) is 2.91. The predicted molar refractivity (Wildman–Crippen MR) is 65.1 cm³/mol. The fourth-order valence-electron chi connectivity index (χ4n) is 5.45. The van der Waals surface area contributed by atoms with Crippen molar-refractivity contribution in [1.82, 2.24) is 0 Å². The highest BCUT2D eigenvalue weighted by Gasteiger charge is 2.64. The number of Topliss-reactive ketones (excluding diaryl/α,β-unsaturated/α-hetero) is 1. The van der Waals surface area contributed by atoms with Gasteiger partial charge in [-0.05, 0) is 42.9 Å². The molecule has 0 aromatic carbocycles. The topological polar surface area (TPSA) is 17.1 Å². The SMILES string of the molecule is CC1(C)CCC[C@]23CCC[C@@](C)(C2)C(=O)[C@H]13. The van der Waals surface area contributed by atoms with Crippen molar-refractivity contribution in [3.05, 3.63) is 0 Å². The van der Waals surface area contributed by atoms with Gasteiger partial charge in [-0.3, -0.25) is 4.79 Å². The summed E-state index contributed by atoms with van der Waals surface area (Å²) in [6, 6.07) is 0. The van der Waals surface area contributed by atoms with Gasteiger partial charge in [0.1, 0.15) is 5.78 Å². The van der Waals surface area contributed by atoms with Gasteiger partial charge in [0.2, 0.25) is 0 Å². The van der Waals surface area contributed by atoms with E-state index in [1.807, 2.05) is 0 Å². The lowest BCUT2D eigenvalue weighted by atomic mass is 9.55. The van der Waals surface area contributed by atoms with Crippen LogP contribution in [0.25, 0.3) is 0 Å². The van der Waals surface area contributed by atoms with E-state index in [1.165, 1.54) is 38.5 Å². The molecule has 90 valence electrons. The molecule has 1 heteroatoms. The van der Waals surface area contributed by atoms with Crippen LogP contribution in [0.15, 0.2) is 0 Å². The van der Waals surface area contributed by atoms with Crippen molar-refractivity contribution >= 4 is 5.78 Å². The normalized spacial score (nSPS) is 50.2. The molecule has 1 nitrogen and oxygen atoms in total. The van der Waals surface area contributed by atoms with E-state index in [-0.39, 0.29) is 10.8 Å². The Morgan fingerprint density at radius 2 is 1.62 bits per heavy atom. The zero-order chi connectivity index (χ0) is 11.6. The summed E-state index contributed by atoms with van der Waals surface area (Å²) in [4.78, 5) is 12.8. The van der Waals surface area contributed by atoms with Crippen molar-refractivity contribution in [2.45, 2.75) is 65.7 Å². The Morgan fingerprint density at radius 3 is 2.31 bits per heavy atom. The molecule has 3 rings (SSSR count). The molecule has 3 aliphatic carbocycles. The third-order valence-electron chi connectivity index (χ3n) is 5.89. The summed E-state index contributed by atoms with van der Waals surface area (Å²) in [7, 11) is 0. The Balaban J connectivity index is 2.09. The van der Waals surface area contributed by atoms with Crippen LogP contribution in [0, 0.1) is 22.2 Å². The highest BCUT2D eigenvalue weighted by Crippen LogP contribution is 2.68. The smallest absolute Gasteiger partial charge is 0.142 e. The molecule has 0 N–H and O–H groups in total. The minimum atomic E-state index is 0.0462. The van der Waals surface area contributed by atoms with E-state index in [4.69, 9.17) is 0 Å². The monoisotopic (exact) mass is 220 g/mol. The van der Waals surface area contributed by atoms with E-state index in [9.17, 15) is 4.79 Å². The molecular formula is C15H24O. The maximum absolute atomic E-state index is 12.8. The minimum Gasteiger partial charge on any atom is -0.299 e. The Hall–Kier alpha value is -0.330. The molecule has 0 aliphatic heterocycles. The highest BCUT2D eigenvalue weighted by atomic mass is 16.1. The van der Waals surface area contributed by atoms with Gasteiger partial charge in [-0.2, -0.15) is 0 Å². The van der Waals surface area contributed by atoms with Gasteiger partial charge in [-0.15, -0.1) is 0 Å². The standard InChI is InChI=1S/C15H24O/c1-13(2)6-4-8-15-9-5-7-14(3,10-15)12(16)11(13)15/h11H,4-10H2,1-3H3/t11-,14+,15+/m1/s1. The van der Waals surface area contributed by atoms with Crippen molar-refractivity contribution in [3.8, 4) is 0 Å². The minimum absolute atomic E-state index is 0.0462. The van der Waals surface area contributed by atoms with Crippen molar-refractivity contribution in [3.63, 3.8) is 0 Å². The van der Waals surface area contributed by atoms with Gasteiger partial charge in [-0.1, -0.05) is 33.6 Å². The van der Waals surface area contributed by atoms with Crippen LogP contribution >= 0.6 is 0 Å². The summed E-state index contributed by atoms with van der Waals surface area (Å²) < 4.78 is 0. The number of carbonyl (C=O) groups excluding carboxylic acids is 1. The van der Waals surface area contributed by atoms with Gasteiger partial charge >= 0.3 is 0 Å². The molecule has 3 atom stereocenters. The van der Waals surface area contributed by atoms with E-state index >= 15 is 0 Å². The quantitative estimate of drug-likeness (QED) is 0.604. The van der Waals surface area contributed by atoms with Gasteiger partial charge in [0.15, 0.2) is 0 Å². The third-order valence-corrected chi connectivity index (χ3v) is 5.89. The average molecular weight is 220 g/mol. The maximum atomic E-state index is 12.8. The number of hydrogen-bond acceptors (Lipinski definition) is 1. The molecule has 3 fully saturated rings. The Bertz CT molecular complexity index is 339. The van der Waals surface area contributed by atoms with Crippen LogP contribution in [0.5, 0.6) is 0 Å². The summed E-state index contributed by atoms with van der Waals surface area (Å²) in [6.45, 7) is 6.91. The Labute approximate surface area is 99.0 Å². The maximum Gasteiger partial charge on any atom is 0.142 e. The lowest BCUT2D eigenvalue weighted by Crippen LogP contribution is -2.43. The van der Waals surface area contributed by atoms with Gasteiger partial charge in [0.05, 0.1) is 0 Å². The molecule has 1 spiro atoms. The van der Waals surface area contributed by atoms with E-state index in [2.05, 4.69) is 20.8 Å². The van der Waals surface area contributed by atoms with E-state index in [0.717, 1.165) is 6.42 Å². The van der Waals surface area contributed by atoms with E-state index in [0.29, 0.717) is 17.1 Å². The summed E-state index contributed by atoms with van der Waals surface area (Å²) >= 11 is 0. The largest absolute Gasteiger partial charge is 0.299 e. The van der Waals surface area contributed by atoms with Crippen LogP contribution in [0.3, 0.4) is 0 Å². The Morgan fingerprint density at radius 1 is 1.00 bits per heavy atom. The molecule has 0 radical (unpaired) electrons. The molecule has 2 bridgehead atoms. The predicted octanol–water partition coefficient (Wildman–Crippen LogP) is 3.96. The van der Waals surface area contributed by atoms with Gasteiger partial charge < -0.3 is 0 Å². The summed E-state index contributed by atoms with van der Waals surface area (Å²) in [5, 5.41) is 0. The van der Waals surface area contributed by atoms with Crippen LogP contribution in [-0.4, -0.2) is 5.78 Å². The summed E-state index contributed by atoms with van der Waals surface area (Å²) in [6.07, 6.45) is 8.88. The first-order valence-electron chi connectivity index (χ1n) is 6.94. The van der Waals surface area contributed by atoms with Crippen LogP contribution in [-0.2, 0) is 4.79 Å². The van der Waals surface area contributed by atoms with Crippen molar-refractivity contribution in [2.75, 3.05) is 0 Å². The summed E-state index contributed by atoms with van der Waals surface area (Å²) in [5.74, 6) is 0.996. The third kappa shape index (κ3) is 1.15. The average Bonchev–Trinajstić information content (AvgIpc) is 2.30.